The van der Waals surface area contributed by atoms with Gasteiger partial charge in [-0.1, -0.05) is 6.42 Å². The van der Waals surface area contributed by atoms with Gasteiger partial charge >= 0.3 is 0 Å². The Kier molecular flexibility index (Phi) is 2.29. The maximum Gasteiger partial charge on any atom is 0.0471 e. The van der Waals surface area contributed by atoms with Crippen LogP contribution in [0.15, 0.2) is 0 Å². The fourth-order valence-electron chi connectivity index (χ4n) is 3.31. The van der Waals surface area contributed by atoms with Crippen molar-refractivity contribution in [1.29, 1.82) is 0 Å². The Hall–Kier alpha value is -0.0800. The summed E-state index contributed by atoms with van der Waals surface area (Å²) < 4.78 is 5.50. The minimum absolute atomic E-state index is 0.626. The Balaban J connectivity index is 1.68. The van der Waals surface area contributed by atoms with Crippen LogP contribution in [0, 0.1) is 5.41 Å². The standard InChI is InChI=1S/C12H21NO/c1-2-11(13-10-3-4-10)12(5-1)6-8-14-9-7-12/h10-11,13H,1-9H2. The lowest BCUT2D eigenvalue weighted by Gasteiger charge is -2.39. The number of nitrogens with one attached hydrogen (secondary N) is 1. The van der Waals surface area contributed by atoms with Gasteiger partial charge in [0.2, 0.25) is 0 Å². The highest BCUT2D eigenvalue weighted by Gasteiger charge is 2.45. The zero-order valence-corrected chi connectivity index (χ0v) is 8.93. The van der Waals surface area contributed by atoms with Crippen LogP contribution >= 0.6 is 0 Å². The summed E-state index contributed by atoms with van der Waals surface area (Å²) in [4.78, 5) is 0. The summed E-state index contributed by atoms with van der Waals surface area (Å²) in [6.07, 6.45) is 9.74. The van der Waals surface area contributed by atoms with E-state index in [0.29, 0.717) is 5.41 Å². The lowest BCUT2D eigenvalue weighted by Crippen LogP contribution is -2.45. The van der Waals surface area contributed by atoms with Crippen molar-refractivity contribution < 1.29 is 4.74 Å². The first-order valence-corrected chi connectivity index (χ1v) is 6.23. The molecule has 1 spiro atoms. The van der Waals surface area contributed by atoms with E-state index < -0.39 is 0 Å². The molecule has 1 heterocycles. The highest BCUT2D eigenvalue weighted by Crippen LogP contribution is 2.46. The normalized spacial score (nSPS) is 36.4. The molecule has 0 aromatic carbocycles. The summed E-state index contributed by atoms with van der Waals surface area (Å²) in [7, 11) is 0. The third kappa shape index (κ3) is 1.59. The number of rotatable bonds is 2. The summed E-state index contributed by atoms with van der Waals surface area (Å²) in [5, 5.41) is 3.86. The molecule has 2 nitrogen and oxygen atoms in total. The molecule has 1 atom stereocenters. The van der Waals surface area contributed by atoms with E-state index in [9.17, 15) is 0 Å². The van der Waals surface area contributed by atoms with Gasteiger partial charge in [0.05, 0.1) is 0 Å². The topological polar surface area (TPSA) is 21.3 Å². The van der Waals surface area contributed by atoms with Gasteiger partial charge in [-0.2, -0.15) is 0 Å². The third-order valence-corrected chi connectivity index (χ3v) is 4.41. The molecule has 0 radical (unpaired) electrons. The van der Waals surface area contributed by atoms with Crippen LogP contribution in [0.4, 0.5) is 0 Å². The molecule has 1 N–H and O–H groups in total. The first kappa shape index (κ1) is 9.17. The van der Waals surface area contributed by atoms with Gasteiger partial charge in [-0.25, -0.2) is 0 Å². The van der Waals surface area contributed by atoms with Gasteiger partial charge in [-0.3, -0.25) is 0 Å². The molecular formula is C12H21NO. The molecule has 1 aliphatic heterocycles. The second-order valence-corrected chi connectivity index (χ2v) is 5.36. The second-order valence-electron chi connectivity index (χ2n) is 5.36. The van der Waals surface area contributed by atoms with Crippen molar-refractivity contribution in [3.05, 3.63) is 0 Å². The highest BCUT2D eigenvalue weighted by molar-refractivity contribution is 5.00. The Morgan fingerprint density at radius 2 is 1.79 bits per heavy atom. The van der Waals surface area contributed by atoms with Gasteiger partial charge in [0.15, 0.2) is 0 Å². The predicted molar refractivity (Wildman–Crippen MR) is 56.3 cm³/mol. The van der Waals surface area contributed by atoms with Crippen LogP contribution in [-0.2, 0) is 4.74 Å². The molecule has 14 heavy (non-hydrogen) atoms. The largest absolute Gasteiger partial charge is 0.381 e. The summed E-state index contributed by atoms with van der Waals surface area (Å²) in [6, 6.07) is 1.69. The van der Waals surface area contributed by atoms with E-state index in [1.54, 1.807) is 0 Å². The molecule has 2 aliphatic carbocycles. The van der Waals surface area contributed by atoms with Crippen LogP contribution in [0.3, 0.4) is 0 Å². The summed E-state index contributed by atoms with van der Waals surface area (Å²) >= 11 is 0. The van der Waals surface area contributed by atoms with Crippen molar-refractivity contribution in [3.63, 3.8) is 0 Å². The van der Waals surface area contributed by atoms with Gasteiger partial charge in [0.25, 0.3) is 0 Å². The average molecular weight is 195 g/mol. The van der Waals surface area contributed by atoms with Crippen molar-refractivity contribution in [2.45, 2.75) is 57.0 Å². The van der Waals surface area contributed by atoms with E-state index in [2.05, 4.69) is 5.32 Å². The van der Waals surface area contributed by atoms with Crippen LogP contribution in [0.25, 0.3) is 0 Å². The summed E-state index contributed by atoms with van der Waals surface area (Å²) in [5.41, 5.74) is 0.626. The number of ether oxygens (including phenoxy) is 1. The molecule has 80 valence electrons. The molecule has 2 heteroatoms. The van der Waals surface area contributed by atoms with Gasteiger partial charge in [-0.05, 0) is 43.9 Å². The minimum atomic E-state index is 0.626. The number of hydrogen-bond donors (Lipinski definition) is 1. The fraction of sp³-hybridized carbons (Fsp3) is 1.00. The Morgan fingerprint density at radius 3 is 2.50 bits per heavy atom. The first-order valence-electron chi connectivity index (χ1n) is 6.23. The lowest BCUT2D eigenvalue weighted by molar-refractivity contribution is 0.00412. The zero-order chi connectivity index (χ0) is 9.43. The molecule has 3 rings (SSSR count). The van der Waals surface area contributed by atoms with Crippen molar-refractivity contribution in [3.8, 4) is 0 Å². The smallest absolute Gasteiger partial charge is 0.0471 e. The SMILES string of the molecule is C1CC(NC2CC2)C2(C1)CCOCC2. The van der Waals surface area contributed by atoms with Crippen molar-refractivity contribution in [2.24, 2.45) is 5.41 Å². The molecule has 1 saturated heterocycles. The molecule has 0 amide bonds. The molecule has 0 bridgehead atoms. The summed E-state index contributed by atoms with van der Waals surface area (Å²) in [6.45, 7) is 2.01. The maximum absolute atomic E-state index is 5.50. The van der Waals surface area contributed by atoms with Crippen molar-refractivity contribution >= 4 is 0 Å². The Morgan fingerprint density at radius 1 is 1.00 bits per heavy atom. The molecular weight excluding hydrogens is 174 g/mol. The Bertz CT molecular complexity index is 206. The van der Waals surface area contributed by atoms with Crippen LogP contribution in [0.1, 0.15) is 44.9 Å². The first-order chi connectivity index (χ1) is 6.89. The van der Waals surface area contributed by atoms with Crippen LogP contribution < -0.4 is 5.32 Å². The minimum Gasteiger partial charge on any atom is -0.381 e. The zero-order valence-electron chi connectivity index (χ0n) is 8.93. The number of hydrogen-bond acceptors (Lipinski definition) is 2. The van der Waals surface area contributed by atoms with E-state index in [0.717, 1.165) is 25.3 Å². The second kappa shape index (κ2) is 3.49. The van der Waals surface area contributed by atoms with Crippen molar-refractivity contribution in [1.82, 2.24) is 5.32 Å². The van der Waals surface area contributed by atoms with Gasteiger partial charge in [0.1, 0.15) is 0 Å². The van der Waals surface area contributed by atoms with Crippen molar-refractivity contribution in [2.75, 3.05) is 13.2 Å². The van der Waals surface area contributed by atoms with Gasteiger partial charge < -0.3 is 10.1 Å². The van der Waals surface area contributed by atoms with E-state index in [4.69, 9.17) is 4.74 Å². The predicted octanol–water partition coefficient (Wildman–Crippen LogP) is 2.09. The van der Waals surface area contributed by atoms with Crippen LogP contribution in [0.2, 0.25) is 0 Å². The quantitative estimate of drug-likeness (QED) is 0.728. The fourth-order valence-corrected chi connectivity index (χ4v) is 3.31. The molecule has 0 aromatic rings. The highest BCUT2D eigenvalue weighted by atomic mass is 16.5. The average Bonchev–Trinajstić information content (AvgIpc) is 2.95. The maximum atomic E-state index is 5.50. The van der Waals surface area contributed by atoms with Crippen LogP contribution in [0.5, 0.6) is 0 Å². The van der Waals surface area contributed by atoms with E-state index in [1.165, 1.54) is 44.9 Å². The molecule has 1 unspecified atom stereocenters. The van der Waals surface area contributed by atoms with E-state index in [1.807, 2.05) is 0 Å². The van der Waals surface area contributed by atoms with Gasteiger partial charge in [-0.15, -0.1) is 0 Å². The van der Waals surface area contributed by atoms with E-state index in [-0.39, 0.29) is 0 Å². The molecule has 0 aromatic heterocycles. The Labute approximate surface area is 86.4 Å². The van der Waals surface area contributed by atoms with Crippen LogP contribution in [-0.4, -0.2) is 25.3 Å². The third-order valence-electron chi connectivity index (χ3n) is 4.41. The monoisotopic (exact) mass is 195 g/mol. The lowest BCUT2D eigenvalue weighted by atomic mass is 9.75. The molecule has 3 fully saturated rings. The van der Waals surface area contributed by atoms with E-state index >= 15 is 0 Å². The van der Waals surface area contributed by atoms with Gasteiger partial charge in [0, 0.05) is 25.3 Å². The summed E-state index contributed by atoms with van der Waals surface area (Å²) in [5.74, 6) is 0. The molecule has 3 aliphatic rings. The molecule has 2 saturated carbocycles.